The van der Waals surface area contributed by atoms with E-state index in [9.17, 15) is 4.21 Å². The van der Waals surface area contributed by atoms with Crippen LogP contribution in [0.15, 0.2) is 24.3 Å². The molecule has 0 spiro atoms. The van der Waals surface area contributed by atoms with Crippen molar-refractivity contribution in [1.29, 1.82) is 0 Å². The highest BCUT2D eigenvalue weighted by Gasteiger charge is 2.18. The molecule has 0 amide bonds. The summed E-state index contributed by atoms with van der Waals surface area (Å²) in [7, 11) is -0.833. The molecule has 4 heteroatoms. The van der Waals surface area contributed by atoms with Crippen LogP contribution in [0.3, 0.4) is 0 Å². The molecule has 0 radical (unpaired) electrons. The molecule has 1 aromatic rings. The van der Waals surface area contributed by atoms with Crippen molar-refractivity contribution in [3.05, 3.63) is 29.8 Å². The predicted molar refractivity (Wildman–Crippen MR) is 66.5 cm³/mol. The van der Waals surface area contributed by atoms with Gasteiger partial charge in [-0.15, -0.1) is 0 Å². The van der Waals surface area contributed by atoms with E-state index in [0.29, 0.717) is 11.5 Å². The van der Waals surface area contributed by atoms with Crippen LogP contribution in [0.4, 0.5) is 5.69 Å². The Kier molecular flexibility index (Phi) is 3.96. The van der Waals surface area contributed by atoms with Crippen molar-refractivity contribution in [3.8, 4) is 0 Å². The first-order valence-electron chi connectivity index (χ1n) is 5.55. The second kappa shape index (κ2) is 5.46. The van der Waals surface area contributed by atoms with Gasteiger partial charge in [-0.3, -0.25) is 4.21 Å². The van der Waals surface area contributed by atoms with Crippen LogP contribution >= 0.6 is 0 Å². The van der Waals surface area contributed by atoms with Crippen LogP contribution in [0.25, 0.3) is 0 Å². The van der Waals surface area contributed by atoms with E-state index < -0.39 is 10.8 Å². The van der Waals surface area contributed by atoms with Gasteiger partial charge in [0.05, 0.1) is 11.9 Å². The summed E-state index contributed by atoms with van der Waals surface area (Å²) in [6.07, 6.45) is 2.35. The minimum absolute atomic E-state index is 0.203. The fourth-order valence-corrected chi connectivity index (χ4v) is 3.20. The molecule has 0 saturated carbocycles. The summed E-state index contributed by atoms with van der Waals surface area (Å²) in [5.74, 6) is 1.25. The molecule has 16 heavy (non-hydrogen) atoms. The molecule has 2 atom stereocenters. The molecule has 1 aliphatic heterocycles. The molecule has 2 N–H and O–H groups in total. The Labute approximate surface area is 98.4 Å². The van der Waals surface area contributed by atoms with Crippen LogP contribution in [-0.2, 0) is 21.3 Å². The number of benzene rings is 1. The number of nitrogens with two attached hydrogens (primary N) is 1. The minimum Gasteiger partial charge on any atom is -0.399 e. The van der Waals surface area contributed by atoms with Gasteiger partial charge in [-0.05, 0) is 30.5 Å². The third-order valence-electron chi connectivity index (χ3n) is 2.70. The maximum Gasteiger partial charge on any atom is 0.0691 e. The lowest BCUT2D eigenvalue weighted by Crippen LogP contribution is -2.16. The van der Waals surface area contributed by atoms with E-state index in [2.05, 4.69) is 0 Å². The lowest BCUT2D eigenvalue weighted by Gasteiger charge is -2.08. The third kappa shape index (κ3) is 3.32. The molecule has 1 saturated heterocycles. The van der Waals surface area contributed by atoms with Crippen LogP contribution in [0.5, 0.6) is 0 Å². The van der Waals surface area contributed by atoms with Gasteiger partial charge < -0.3 is 10.5 Å². The van der Waals surface area contributed by atoms with Crippen LogP contribution in [-0.4, -0.2) is 22.7 Å². The number of hydrogen-bond acceptors (Lipinski definition) is 3. The van der Waals surface area contributed by atoms with E-state index >= 15 is 0 Å². The summed E-state index contributed by atoms with van der Waals surface area (Å²) >= 11 is 0. The van der Waals surface area contributed by atoms with Gasteiger partial charge in [0, 0.05) is 28.8 Å². The Morgan fingerprint density at radius 2 is 2.12 bits per heavy atom. The number of rotatable bonds is 4. The van der Waals surface area contributed by atoms with Crippen molar-refractivity contribution in [3.63, 3.8) is 0 Å². The normalized spacial score (nSPS) is 22.1. The molecular formula is C12H17NO2S. The Morgan fingerprint density at radius 1 is 1.38 bits per heavy atom. The van der Waals surface area contributed by atoms with Gasteiger partial charge in [-0.1, -0.05) is 12.1 Å². The predicted octanol–water partition coefficient (Wildman–Crippen LogP) is 1.70. The zero-order valence-electron chi connectivity index (χ0n) is 9.22. The first kappa shape index (κ1) is 11.6. The fraction of sp³-hybridized carbons (Fsp3) is 0.500. The lowest BCUT2D eigenvalue weighted by atomic mass is 10.2. The zero-order valence-corrected chi connectivity index (χ0v) is 10.0. The number of anilines is 1. The van der Waals surface area contributed by atoms with E-state index in [0.717, 1.165) is 30.7 Å². The molecule has 2 rings (SSSR count). The summed E-state index contributed by atoms with van der Waals surface area (Å²) < 4.78 is 17.3. The van der Waals surface area contributed by atoms with Gasteiger partial charge in [0.2, 0.25) is 0 Å². The summed E-state index contributed by atoms with van der Waals surface area (Å²) in [6, 6.07) is 7.56. The van der Waals surface area contributed by atoms with Crippen molar-refractivity contribution in [1.82, 2.24) is 0 Å². The Hall–Kier alpha value is -0.870. The standard InChI is InChI=1S/C12H17NO2S/c13-11-5-3-10(4-6-11)8-16(14)9-12-2-1-7-15-12/h3-6,12H,1-2,7-9,13H2. The summed E-state index contributed by atoms with van der Waals surface area (Å²) in [4.78, 5) is 0. The number of ether oxygens (including phenoxy) is 1. The highest BCUT2D eigenvalue weighted by Crippen LogP contribution is 2.15. The van der Waals surface area contributed by atoms with Gasteiger partial charge in [-0.25, -0.2) is 0 Å². The molecule has 2 unspecified atom stereocenters. The summed E-state index contributed by atoms with van der Waals surface area (Å²) in [6.45, 7) is 0.823. The van der Waals surface area contributed by atoms with Gasteiger partial charge in [0.25, 0.3) is 0 Å². The molecule has 3 nitrogen and oxygen atoms in total. The topological polar surface area (TPSA) is 52.3 Å². The smallest absolute Gasteiger partial charge is 0.0691 e. The van der Waals surface area contributed by atoms with E-state index in [1.807, 2.05) is 24.3 Å². The largest absolute Gasteiger partial charge is 0.399 e. The minimum atomic E-state index is -0.833. The second-order valence-electron chi connectivity index (χ2n) is 4.13. The van der Waals surface area contributed by atoms with Crippen LogP contribution in [0.2, 0.25) is 0 Å². The molecule has 1 fully saturated rings. The summed E-state index contributed by atoms with van der Waals surface area (Å²) in [5.41, 5.74) is 7.41. The van der Waals surface area contributed by atoms with Crippen molar-refractivity contribution in [2.45, 2.75) is 24.7 Å². The zero-order chi connectivity index (χ0) is 11.4. The van der Waals surface area contributed by atoms with Gasteiger partial charge in [0.1, 0.15) is 0 Å². The Balaban J connectivity index is 1.84. The van der Waals surface area contributed by atoms with Gasteiger partial charge in [-0.2, -0.15) is 0 Å². The van der Waals surface area contributed by atoms with E-state index in [1.54, 1.807) is 0 Å². The van der Waals surface area contributed by atoms with E-state index in [-0.39, 0.29) is 6.10 Å². The molecule has 88 valence electrons. The monoisotopic (exact) mass is 239 g/mol. The maximum atomic E-state index is 11.9. The molecule has 1 aliphatic rings. The average molecular weight is 239 g/mol. The highest BCUT2D eigenvalue weighted by atomic mass is 32.2. The first-order chi connectivity index (χ1) is 7.74. The van der Waals surface area contributed by atoms with Crippen molar-refractivity contribution >= 4 is 16.5 Å². The van der Waals surface area contributed by atoms with Gasteiger partial charge >= 0.3 is 0 Å². The molecule has 0 aliphatic carbocycles. The third-order valence-corrected chi connectivity index (χ3v) is 4.10. The molecule has 0 aromatic heterocycles. The molecule has 1 aromatic carbocycles. The first-order valence-corrected chi connectivity index (χ1v) is 7.04. The maximum absolute atomic E-state index is 11.9. The van der Waals surface area contributed by atoms with Crippen LogP contribution in [0, 0.1) is 0 Å². The van der Waals surface area contributed by atoms with Crippen LogP contribution < -0.4 is 5.73 Å². The number of hydrogen-bond donors (Lipinski definition) is 1. The Bertz CT molecular complexity index is 358. The van der Waals surface area contributed by atoms with Crippen molar-refractivity contribution in [2.75, 3.05) is 18.1 Å². The molecule has 0 bridgehead atoms. The van der Waals surface area contributed by atoms with Crippen molar-refractivity contribution < 1.29 is 8.95 Å². The van der Waals surface area contributed by atoms with E-state index in [4.69, 9.17) is 10.5 Å². The second-order valence-corrected chi connectivity index (χ2v) is 5.63. The highest BCUT2D eigenvalue weighted by molar-refractivity contribution is 7.84. The summed E-state index contributed by atoms with van der Waals surface area (Å²) in [5, 5.41) is 0. The van der Waals surface area contributed by atoms with Gasteiger partial charge in [0.15, 0.2) is 0 Å². The SMILES string of the molecule is Nc1ccc(CS(=O)CC2CCCO2)cc1. The molecule has 1 heterocycles. The number of nitrogen functional groups attached to an aromatic ring is 1. The quantitative estimate of drug-likeness (QED) is 0.814. The molecular weight excluding hydrogens is 222 g/mol. The lowest BCUT2D eigenvalue weighted by molar-refractivity contribution is 0.128. The van der Waals surface area contributed by atoms with Crippen LogP contribution in [0.1, 0.15) is 18.4 Å². The Morgan fingerprint density at radius 3 is 2.75 bits per heavy atom. The van der Waals surface area contributed by atoms with Crippen molar-refractivity contribution in [2.24, 2.45) is 0 Å². The van der Waals surface area contributed by atoms with E-state index in [1.165, 1.54) is 0 Å². The fourth-order valence-electron chi connectivity index (χ4n) is 1.84. The average Bonchev–Trinajstić information content (AvgIpc) is 2.74.